The van der Waals surface area contributed by atoms with Crippen molar-refractivity contribution in [2.75, 3.05) is 36.9 Å². The van der Waals surface area contributed by atoms with E-state index in [1.54, 1.807) is 0 Å². The highest BCUT2D eigenvalue weighted by atomic mass is 35.5. The van der Waals surface area contributed by atoms with Gasteiger partial charge >= 0.3 is 6.03 Å². The first-order chi connectivity index (χ1) is 16.7. The molecular formula is C25H26ClN3O5S. The van der Waals surface area contributed by atoms with Crippen molar-refractivity contribution in [1.82, 2.24) is 10.2 Å². The average Bonchev–Trinajstić information content (AvgIpc) is 3.24. The Morgan fingerprint density at radius 2 is 1.69 bits per heavy atom. The molecule has 35 heavy (non-hydrogen) atoms. The van der Waals surface area contributed by atoms with Crippen LogP contribution in [0.25, 0.3) is 6.08 Å². The highest BCUT2D eigenvalue weighted by molar-refractivity contribution is 7.92. The van der Waals surface area contributed by atoms with Gasteiger partial charge in [0.15, 0.2) is 0 Å². The number of halogens is 1. The van der Waals surface area contributed by atoms with Crippen molar-refractivity contribution < 1.29 is 22.7 Å². The second-order valence-corrected chi connectivity index (χ2v) is 10.5. The van der Waals surface area contributed by atoms with Crippen LogP contribution in [0.2, 0.25) is 5.02 Å². The van der Waals surface area contributed by atoms with Crippen LogP contribution >= 0.6 is 11.6 Å². The second-order valence-electron chi connectivity index (χ2n) is 8.27. The fraction of sp³-hybridized carbons (Fsp3) is 0.280. The highest BCUT2D eigenvalue weighted by Crippen LogP contribution is 2.36. The zero-order chi connectivity index (χ0) is 25.0. The van der Waals surface area contributed by atoms with E-state index in [2.05, 4.69) is 10.2 Å². The number of anilines is 1. The molecule has 1 aliphatic heterocycles. The lowest BCUT2D eigenvalue weighted by Crippen LogP contribution is -2.46. The third kappa shape index (κ3) is 5.93. The maximum absolute atomic E-state index is 13.3. The van der Waals surface area contributed by atoms with Crippen molar-refractivity contribution in [3.05, 3.63) is 82.0 Å². The summed E-state index contributed by atoms with van der Waals surface area (Å²) in [5.74, 6) is -0.615. The van der Waals surface area contributed by atoms with Crippen LogP contribution in [0.15, 0.2) is 71.4 Å². The SMILES string of the molecule is CS(=O)(=O)N(C(=O)NC(=O)C1=C(N2CCOCC2)/C(=C/c2ccccc2)CC1)c1ccc(Cl)cc1. The molecule has 4 rings (SSSR count). The van der Waals surface area contributed by atoms with Gasteiger partial charge in [-0.1, -0.05) is 41.9 Å². The first-order valence-corrected chi connectivity index (χ1v) is 13.4. The van der Waals surface area contributed by atoms with Crippen molar-refractivity contribution >= 4 is 45.3 Å². The number of imide groups is 1. The number of carbonyl (C=O) groups is 2. The molecule has 1 heterocycles. The van der Waals surface area contributed by atoms with Gasteiger partial charge in [-0.15, -0.1) is 0 Å². The van der Waals surface area contributed by atoms with Crippen LogP contribution in [-0.4, -0.2) is 57.8 Å². The number of sulfonamides is 1. The summed E-state index contributed by atoms with van der Waals surface area (Å²) in [7, 11) is -4.01. The van der Waals surface area contributed by atoms with E-state index in [9.17, 15) is 18.0 Å². The lowest BCUT2D eigenvalue weighted by molar-refractivity contribution is -0.116. The number of rotatable bonds is 5. The third-order valence-electron chi connectivity index (χ3n) is 5.77. The largest absolute Gasteiger partial charge is 0.378 e. The molecule has 2 aromatic rings. The molecule has 1 fully saturated rings. The minimum atomic E-state index is -4.01. The zero-order valence-corrected chi connectivity index (χ0v) is 20.8. The molecule has 0 radical (unpaired) electrons. The summed E-state index contributed by atoms with van der Waals surface area (Å²) in [5, 5.41) is 2.68. The molecule has 184 valence electrons. The second kappa shape index (κ2) is 10.6. The van der Waals surface area contributed by atoms with E-state index in [0.717, 1.165) is 23.1 Å². The summed E-state index contributed by atoms with van der Waals surface area (Å²) in [5.41, 5.74) is 3.32. The van der Waals surface area contributed by atoms with E-state index >= 15 is 0 Å². The molecule has 0 atom stereocenters. The summed E-state index contributed by atoms with van der Waals surface area (Å²) in [6, 6.07) is 14.5. The van der Waals surface area contributed by atoms with Gasteiger partial charge in [-0.25, -0.2) is 13.2 Å². The summed E-state index contributed by atoms with van der Waals surface area (Å²) in [4.78, 5) is 28.4. The van der Waals surface area contributed by atoms with E-state index in [1.807, 2.05) is 36.4 Å². The number of nitrogens with one attached hydrogen (secondary N) is 1. The Balaban J connectivity index is 1.65. The fourth-order valence-corrected chi connectivity index (χ4v) is 5.22. The maximum atomic E-state index is 13.3. The van der Waals surface area contributed by atoms with Crippen LogP contribution in [0.4, 0.5) is 10.5 Å². The van der Waals surface area contributed by atoms with Crippen LogP contribution in [0.5, 0.6) is 0 Å². The number of allylic oxidation sites excluding steroid dienone is 1. The number of urea groups is 1. The standard InChI is InChI=1S/C25H26ClN3O5S/c1-35(32,33)29(21-10-8-20(26)9-11-21)25(31)27-24(30)22-12-7-19(17-18-5-3-2-4-6-18)23(22)28-13-15-34-16-14-28/h2-6,8-11,17H,7,12-16H2,1H3,(H,27,30,31)/b19-17+. The Bertz CT molecular complexity index is 1270. The van der Waals surface area contributed by atoms with Crippen LogP contribution < -0.4 is 9.62 Å². The van der Waals surface area contributed by atoms with Gasteiger partial charge in [0.05, 0.1) is 25.2 Å². The molecule has 0 aromatic heterocycles. The van der Waals surface area contributed by atoms with E-state index in [4.69, 9.17) is 16.3 Å². The van der Waals surface area contributed by atoms with E-state index in [-0.39, 0.29) is 5.69 Å². The molecule has 1 saturated heterocycles. The lowest BCUT2D eigenvalue weighted by Gasteiger charge is -2.31. The van der Waals surface area contributed by atoms with Crippen molar-refractivity contribution in [3.8, 4) is 0 Å². The predicted octanol–water partition coefficient (Wildman–Crippen LogP) is 3.81. The molecule has 2 aliphatic rings. The third-order valence-corrected chi connectivity index (χ3v) is 7.07. The number of carbonyl (C=O) groups excluding carboxylic acids is 2. The molecule has 3 amide bonds. The average molecular weight is 516 g/mol. The van der Waals surface area contributed by atoms with Gasteiger partial charge in [-0.05, 0) is 54.3 Å². The van der Waals surface area contributed by atoms with Gasteiger partial charge < -0.3 is 9.64 Å². The van der Waals surface area contributed by atoms with E-state index in [0.29, 0.717) is 54.0 Å². The molecule has 1 aliphatic carbocycles. The van der Waals surface area contributed by atoms with Crippen molar-refractivity contribution in [2.24, 2.45) is 0 Å². The first-order valence-electron chi connectivity index (χ1n) is 11.2. The quantitative estimate of drug-likeness (QED) is 0.650. The maximum Gasteiger partial charge on any atom is 0.342 e. The Labute approximate surface area is 209 Å². The molecule has 2 aromatic carbocycles. The monoisotopic (exact) mass is 515 g/mol. The van der Waals surface area contributed by atoms with Crippen molar-refractivity contribution in [2.45, 2.75) is 12.8 Å². The summed E-state index contributed by atoms with van der Waals surface area (Å²) >= 11 is 5.89. The number of nitrogens with zero attached hydrogens (tertiary/aromatic N) is 2. The highest BCUT2D eigenvalue weighted by Gasteiger charge is 2.33. The van der Waals surface area contributed by atoms with Gasteiger partial charge in [0.2, 0.25) is 10.0 Å². The zero-order valence-electron chi connectivity index (χ0n) is 19.2. The van der Waals surface area contributed by atoms with Crippen molar-refractivity contribution in [1.29, 1.82) is 0 Å². The summed E-state index contributed by atoms with van der Waals surface area (Å²) in [6.45, 7) is 2.31. The van der Waals surface area contributed by atoms with Gasteiger partial charge in [0.1, 0.15) is 0 Å². The molecule has 0 saturated carbocycles. The number of amides is 3. The Kier molecular flexibility index (Phi) is 7.59. The number of ether oxygens (including phenoxy) is 1. The van der Waals surface area contributed by atoms with E-state index < -0.39 is 22.0 Å². The lowest BCUT2D eigenvalue weighted by atomic mass is 10.1. The fourth-order valence-electron chi connectivity index (χ4n) is 4.24. The van der Waals surface area contributed by atoms with Crippen LogP contribution in [0.1, 0.15) is 18.4 Å². The Morgan fingerprint density at radius 1 is 1.03 bits per heavy atom. The molecular weight excluding hydrogens is 490 g/mol. The van der Waals surface area contributed by atoms with Crippen molar-refractivity contribution in [3.63, 3.8) is 0 Å². The molecule has 0 bridgehead atoms. The molecule has 1 N–H and O–H groups in total. The summed E-state index contributed by atoms with van der Waals surface area (Å²) < 4.78 is 30.9. The number of hydrogen-bond donors (Lipinski definition) is 1. The van der Waals surface area contributed by atoms with Gasteiger partial charge in [0, 0.05) is 29.4 Å². The summed E-state index contributed by atoms with van der Waals surface area (Å²) in [6.07, 6.45) is 4.01. The molecule has 0 spiro atoms. The number of morpholine rings is 1. The first kappa shape index (κ1) is 25.0. The predicted molar refractivity (Wildman–Crippen MR) is 135 cm³/mol. The van der Waals surface area contributed by atoms with Gasteiger partial charge in [-0.2, -0.15) is 4.31 Å². The Hall–Kier alpha value is -3.14. The number of hydrogen-bond acceptors (Lipinski definition) is 6. The van der Waals surface area contributed by atoms with Crippen LogP contribution in [0.3, 0.4) is 0 Å². The smallest absolute Gasteiger partial charge is 0.342 e. The molecule has 8 nitrogen and oxygen atoms in total. The normalized spacial score (nSPS) is 17.5. The minimum absolute atomic E-state index is 0.0840. The molecule has 0 unspecified atom stereocenters. The number of benzene rings is 2. The van der Waals surface area contributed by atoms with Crippen LogP contribution in [-0.2, 0) is 19.6 Å². The van der Waals surface area contributed by atoms with Crippen LogP contribution in [0, 0.1) is 0 Å². The van der Waals surface area contributed by atoms with Gasteiger partial charge in [0.25, 0.3) is 5.91 Å². The topological polar surface area (TPSA) is 96.0 Å². The van der Waals surface area contributed by atoms with E-state index in [1.165, 1.54) is 24.3 Å². The minimum Gasteiger partial charge on any atom is -0.378 e. The Morgan fingerprint density at radius 3 is 2.31 bits per heavy atom. The van der Waals surface area contributed by atoms with Gasteiger partial charge in [-0.3, -0.25) is 10.1 Å². The molecule has 10 heteroatoms.